The molecule has 1 saturated heterocycles. The average molecular weight is 387 g/mol. The van der Waals surface area contributed by atoms with E-state index in [1.807, 2.05) is 12.1 Å². The molecule has 144 valence electrons. The van der Waals surface area contributed by atoms with Crippen molar-refractivity contribution in [2.24, 2.45) is 0 Å². The van der Waals surface area contributed by atoms with E-state index in [0.717, 1.165) is 4.90 Å². The van der Waals surface area contributed by atoms with Crippen LogP contribution < -0.4 is 4.90 Å². The minimum atomic E-state index is -0.834. The number of hydrogen-bond donors (Lipinski definition) is 0. The molecule has 0 saturated carbocycles. The van der Waals surface area contributed by atoms with Crippen molar-refractivity contribution in [3.8, 4) is 0 Å². The van der Waals surface area contributed by atoms with Crippen LogP contribution >= 0.6 is 0 Å². The van der Waals surface area contributed by atoms with E-state index >= 15 is 0 Å². The van der Waals surface area contributed by atoms with Gasteiger partial charge in [0.15, 0.2) is 6.73 Å². The molecule has 0 bridgehead atoms. The average Bonchev–Trinajstić information content (AvgIpc) is 3.03. The normalized spacial score (nSPS) is 16.2. The van der Waals surface area contributed by atoms with Crippen LogP contribution in [0.3, 0.4) is 0 Å². The number of benzene rings is 2. The third-order valence-electron chi connectivity index (χ3n) is 4.54. The van der Waals surface area contributed by atoms with Gasteiger partial charge in [-0.25, -0.2) is 19.5 Å². The zero-order valence-corrected chi connectivity index (χ0v) is 15.3. The van der Waals surface area contributed by atoms with Gasteiger partial charge in [-0.3, -0.25) is 9.69 Å². The number of imide groups is 1. The number of urea groups is 1. The van der Waals surface area contributed by atoms with E-state index in [1.165, 1.54) is 17.2 Å². The van der Waals surface area contributed by atoms with Gasteiger partial charge in [-0.05, 0) is 29.8 Å². The van der Waals surface area contributed by atoms with Gasteiger partial charge < -0.3 is 4.74 Å². The summed E-state index contributed by atoms with van der Waals surface area (Å²) in [4.78, 5) is 44.6. The first-order chi connectivity index (χ1) is 14.2. The van der Waals surface area contributed by atoms with E-state index in [-0.39, 0.29) is 5.69 Å². The fourth-order valence-corrected chi connectivity index (χ4v) is 3.17. The highest BCUT2D eigenvalue weighted by Crippen LogP contribution is 2.35. The Labute approximate surface area is 167 Å². The third-order valence-corrected chi connectivity index (χ3v) is 4.54. The Hall–Kier alpha value is -4.00. The Morgan fingerprint density at radius 1 is 0.897 bits per heavy atom. The number of carbonyl (C=O) groups excluding carboxylic acids is 3. The van der Waals surface area contributed by atoms with Gasteiger partial charge in [0.25, 0.3) is 5.91 Å². The van der Waals surface area contributed by atoms with Crippen LogP contribution in [0, 0.1) is 0 Å². The van der Waals surface area contributed by atoms with E-state index in [4.69, 9.17) is 4.74 Å². The molecule has 1 aliphatic rings. The van der Waals surface area contributed by atoms with Gasteiger partial charge in [0.05, 0.1) is 0 Å². The molecule has 2 heterocycles. The summed E-state index contributed by atoms with van der Waals surface area (Å²) in [5.41, 5.74) is 1.36. The van der Waals surface area contributed by atoms with E-state index in [0.29, 0.717) is 11.3 Å². The highest BCUT2D eigenvalue weighted by molar-refractivity contribution is 6.14. The second kappa shape index (κ2) is 7.93. The van der Waals surface area contributed by atoms with Crippen LogP contribution in [0.2, 0.25) is 0 Å². The van der Waals surface area contributed by atoms with Crippen LogP contribution in [-0.2, 0) is 9.53 Å². The Kier molecular flexibility index (Phi) is 5.03. The van der Waals surface area contributed by atoms with Crippen molar-refractivity contribution in [3.63, 3.8) is 0 Å². The number of hydrogen-bond acceptors (Lipinski definition) is 5. The van der Waals surface area contributed by atoms with E-state index in [2.05, 4.69) is 4.98 Å². The summed E-state index contributed by atoms with van der Waals surface area (Å²) in [5, 5.41) is 0. The number of aromatic nitrogens is 1. The van der Waals surface area contributed by atoms with Crippen molar-refractivity contribution in [1.82, 2.24) is 9.88 Å². The quantitative estimate of drug-likeness (QED) is 0.495. The first-order valence-corrected chi connectivity index (χ1v) is 8.99. The second-order valence-corrected chi connectivity index (χ2v) is 6.34. The molecule has 1 aliphatic heterocycles. The summed E-state index contributed by atoms with van der Waals surface area (Å²) in [6.45, 7) is -0.486. The summed E-state index contributed by atoms with van der Waals surface area (Å²) in [6.07, 6.45) is 1.46. The monoisotopic (exact) mass is 387 g/mol. The Balaban J connectivity index is 1.61. The molecule has 3 amide bonds. The van der Waals surface area contributed by atoms with Crippen molar-refractivity contribution in [2.45, 2.75) is 6.04 Å². The van der Waals surface area contributed by atoms with Gasteiger partial charge in [-0.15, -0.1) is 0 Å². The fourth-order valence-electron chi connectivity index (χ4n) is 3.17. The highest BCUT2D eigenvalue weighted by Gasteiger charge is 2.47. The molecular formula is C22H17N3O4. The molecule has 7 heteroatoms. The topological polar surface area (TPSA) is 79.8 Å². The summed E-state index contributed by atoms with van der Waals surface area (Å²) in [5.74, 6) is -1.17. The van der Waals surface area contributed by atoms with Crippen LogP contribution in [0.1, 0.15) is 22.1 Å². The number of amides is 3. The van der Waals surface area contributed by atoms with E-state index in [9.17, 15) is 14.4 Å². The summed E-state index contributed by atoms with van der Waals surface area (Å²) in [6, 6.07) is 21.4. The smallest absolute Gasteiger partial charge is 0.358 e. The molecule has 0 spiro atoms. The van der Waals surface area contributed by atoms with Crippen LogP contribution in [0.4, 0.5) is 10.5 Å². The first kappa shape index (κ1) is 18.4. The molecular weight excluding hydrogens is 370 g/mol. The molecule has 3 aromatic rings. The minimum Gasteiger partial charge on any atom is -0.439 e. The van der Waals surface area contributed by atoms with E-state index < -0.39 is 30.7 Å². The van der Waals surface area contributed by atoms with Crippen LogP contribution in [0.5, 0.6) is 0 Å². The Morgan fingerprint density at radius 3 is 2.21 bits per heavy atom. The number of ether oxygens (including phenoxy) is 1. The van der Waals surface area contributed by atoms with Gasteiger partial charge in [0.2, 0.25) is 0 Å². The van der Waals surface area contributed by atoms with Crippen molar-refractivity contribution < 1.29 is 19.1 Å². The number of para-hydroxylation sites is 1. The predicted octanol–water partition coefficient (Wildman–Crippen LogP) is 3.41. The van der Waals surface area contributed by atoms with Crippen molar-refractivity contribution in [3.05, 3.63) is 96.3 Å². The molecule has 0 N–H and O–H groups in total. The second-order valence-electron chi connectivity index (χ2n) is 6.34. The number of carbonyl (C=O) groups is 3. The SMILES string of the molecule is O=C(OCN1C(=O)C(c2ccccc2)N(c2ccccc2)C1=O)c1ccccn1. The summed E-state index contributed by atoms with van der Waals surface area (Å²) in [7, 11) is 0. The van der Waals surface area contributed by atoms with Gasteiger partial charge in [0, 0.05) is 11.9 Å². The van der Waals surface area contributed by atoms with Crippen LogP contribution in [-0.4, -0.2) is 34.5 Å². The van der Waals surface area contributed by atoms with Gasteiger partial charge in [0.1, 0.15) is 11.7 Å². The molecule has 7 nitrogen and oxygen atoms in total. The molecule has 1 unspecified atom stereocenters. The number of rotatable bonds is 5. The fraction of sp³-hybridized carbons (Fsp3) is 0.0909. The lowest BCUT2D eigenvalue weighted by atomic mass is 10.1. The van der Waals surface area contributed by atoms with E-state index in [1.54, 1.807) is 60.7 Å². The lowest BCUT2D eigenvalue weighted by Crippen LogP contribution is -2.35. The van der Waals surface area contributed by atoms with Crippen molar-refractivity contribution >= 4 is 23.6 Å². The Bertz CT molecular complexity index is 968. The van der Waals surface area contributed by atoms with Gasteiger partial charge >= 0.3 is 12.0 Å². The first-order valence-electron chi connectivity index (χ1n) is 8.99. The molecule has 1 aromatic heterocycles. The number of esters is 1. The van der Waals surface area contributed by atoms with Crippen LogP contribution in [0.15, 0.2) is 85.1 Å². The zero-order valence-electron chi connectivity index (χ0n) is 15.3. The molecule has 1 atom stereocenters. The predicted molar refractivity (Wildman–Crippen MR) is 105 cm³/mol. The maximum Gasteiger partial charge on any atom is 0.358 e. The number of anilines is 1. The lowest BCUT2D eigenvalue weighted by molar-refractivity contribution is -0.129. The number of pyridine rings is 1. The molecule has 0 radical (unpaired) electrons. The van der Waals surface area contributed by atoms with Gasteiger partial charge in [-0.1, -0.05) is 54.6 Å². The third kappa shape index (κ3) is 3.58. The molecule has 0 aliphatic carbocycles. The van der Waals surface area contributed by atoms with Crippen molar-refractivity contribution in [2.75, 3.05) is 11.6 Å². The number of nitrogens with zero attached hydrogens (tertiary/aromatic N) is 3. The van der Waals surface area contributed by atoms with Crippen molar-refractivity contribution in [1.29, 1.82) is 0 Å². The lowest BCUT2D eigenvalue weighted by Gasteiger charge is -2.22. The standard InChI is InChI=1S/C22H17N3O4/c26-20-19(16-9-3-1-4-10-16)25(17-11-5-2-6-12-17)22(28)24(20)15-29-21(27)18-13-7-8-14-23-18/h1-14,19H,15H2. The molecule has 1 fully saturated rings. The minimum absolute atomic E-state index is 0.103. The Morgan fingerprint density at radius 2 is 1.55 bits per heavy atom. The largest absolute Gasteiger partial charge is 0.439 e. The maximum atomic E-state index is 13.1. The summed E-state index contributed by atoms with van der Waals surface area (Å²) < 4.78 is 5.18. The molecule has 2 aromatic carbocycles. The zero-order chi connectivity index (χ0) is 20.2. The molecule has 29 heavy (non-hydrogen) atoms. The van der Waals surface area contributed by atoms with Crippen LogP contribution in [0.25, 0.3) is 0 Å². The summed E-state index contributed by atoms with van der Waals surface area (Å²) >= 11 is 0. The van der Waals surface area contributed by atoms with Gasteiger partial charge in [-0.2, -0.15) is 0 Å². The molecule has 4 rings (SSSR count). The maximum absolute atomic E-state index is 13.1. The highest BCUT2D eigenvalue weighted by atomic mass is 16.5.